The van der Waals surface area contributed by atoms with Crippen molar-refractivity contribution in [1.82, 2.24) is 14.5 Å². The zero-order chi connectivity index (χ0) is 19.8. The minimum absolute atomic E-state index is 0.0548. The van der Waals surface area contributed by atoms with E-state index < -0.39 is 36.3 Å². The normalized spacial score (nSPS) is 27.2. The fourth-order valence-corrected chi connectivity index (χ4v) is 3.32. The Kier molecular flexibility index (Phi) is 5.07. The highest BCUT2D eigenvalue weighted by Gasteiger charge is 2.52. The molecule has 1 amide bonds. The molecule has 3 heterocycles. The molecule has 2 fully saturated rings. The highest BCUT2D eigenvalue weighted by atomic mass is 19.3. The molecule has 3 rings (SSSR count). The van der Waals surface area contributed by atoms with Gasteiger partial charge in [0.15, 0.2) is 0 Å². The lowest BCUT2D eigenvalue weighted by Crippen LogP contribution is -2.41. The number of piperidine rings is 1. The summed E-state index contributed by atoms with van der Waals surface area (Å²) in [5.74, 6) is -3.92. The van der Waals surface area contributed by atoms with Crippen LogP contribution in [-0.4, -0.2) is 57.7 Å². The molecule has 0 aliphatic carbocycles. The summed E-state index contributed by atoms with van der Waals surface area (Å²) in [4.78, 5) is 28.1. The summed E-state index contributed by atoms with van der Waals surface area (Å²) in [6.07, 6.45) is -0.334. The van der Waals surface area contributed by atoms with Crippen molar-refractivity contribution in [1.29, 1.82) is 5.41 Å². The number of anilines is 1. The number of likely N-dealkylation sites (tertiary alicyclic amines) is 1. The molecule has 0 saturated carbocycles. The first-order valence-electron chi connectivity index (χ1n) is 8.34. The minimum atomic E-state index is -3.24. The third-order valence-corrected chi connectivity index (χ3v) is 4.53. The number of amides is 1. The number of carbonyl (C=O) groups excluding carboxylic acids is 1. The van der Waals surface area contributed by atoms with Crippen LogP contribution in [0, 0.1) is 5.41 Å². The summed E-state index contributed by atoms with van der Waals surface area (Å²) < 4.78 is 35.0. The number of rotatable bonds is 4. The molecule has 27 heavy (non-hydrogen) atoms. The molecule has 1 aromatic heterocycles. The fourth-order valence-electron chi connectivity index (χ4n) is 3.32. The Labute approximate surface area is 153 Å². The number of hydrogen-bond donors (Lipinski definition) is 3. The molecule has 5 N–H and O–H groups in total. The van der Waals surface area contributed by atoms with E-state index in [-0.39, 0.29) is 24.6 Å². The molecular formula is C16H20F2N6O3. The van der Waals surface area contributed by atoms with Gasteiger partial charge in [-0.2, -0.15) is 4.98 Å². The molecule has 2 aliphatic heterocycles. The van der Waals surface area contributed by atoms with E-state index in [4.69, 9.17) is 21.6 Å². The Balaban J connectivity index is 1.67. The number of ether oxygens (including phenoxy) is 1. The Morgan fingerprint density at radius 2 is 2.26 bits per heavy atom. The van der Waals surface area contributed by atoms with Gasteiger partial charge < -0.3 is 21.6 Å². The number of nitrogen functional groups attached to an aromatic ring is 1. The highest BCUT2D eigenvalue weighted by Crippen LogP contribution is 2.42. The van der Waals surface area contributed by atoms with Gasteiger partial charge in [-0.1, -0.05) is 0 Å². The molecule has 11 heteroatoms. The molecule has 2 atom stereocenters. The molecule has 2 saturated heterocycles. The van der Waals surface area contributed by atoms with Gasteiger partial charge in [0.05, 0.1) is 6.10 Å². The Hall–Kier alpha value is -2.66. The lowest BCUT2D eigenvalue weighted by molar-refractivity contribution is -0.118. The number of aromatic nitrogens is 2. The first-order chi connectivity index (χ1) is 12.7. The molecule has 9 nitrogen and oxygen atoms in total. The van der Waals surface area contributed by atoms with Crippen molar-refractivity contribution >= 4 is 17.4 Å². The number of primary amides is 1. The second-order valence-corrected chi connectivity index (χ2v) is 6.65. The van der Waals surface area contributed by atoms with Crippen molar-refractivity contribution in [2.75, 3.05) is 25.4 Å². The number of nitrogens with zero attached hydrogens (tertiary/aromatic N) is 3. The van der Waals surface area contributed by atoms with Crippen LogP contribution in [0.25, 0.3) is 0 Å². The lowest BCUT2D eigenvalue weighted by Gasteiger charge is -2.30. The molecule has 2 aliphatic rings. The summed E-state index contributed by atoms with van der Waals surface area (Å²) in [5, 5.41) is 7.97. The van der Waals surface area contributed by atoms with Crippen LogP contribution in [0.3, 0.4) is 0 Å². The summed E-state index contributed by atoms with van der Waals surface area (Å²) in [6, 6.07) is 1.26. The number of halogens is 2. The van der Waals surface area contributed by atoms with E-state index in [9.17, 15) is 18.4 Å². The Morgan fingerprint density at radius 1 is 1.52 bits per heavy atom. The first-order valence-corrected chi connectivity index (χ1v) is 8.34. The maximum atomic E-state index is 14.4. The van der Waals surface area contributed by atoms with Crippen molar-refractivity contribution < 1.29 is 18.3 Å². The number of hydrogen-bond acceptors (Lipinski definition) is 7. The Bertz CT molecular complexity index is 853. The van der Waals surface area contributed by atoms with Crippen LogP contribution in [0.15, 0.2) is 28.7 Å². The lowest BCUT2D eigenvalue weighted by atomic mass is 10.0. The van der Waals surface area contributed by atoms with Crippen molar-refractivity contribution in [3.63, 3.8) is 0 Å². The maximum absolute atomic E-state index is 14.4. The van der Waals surface area contributed by atoms with E-state index in [1.807, 2.05) is 0 Å². The van der Waals surface area contributed by atoms with Gasteiger partial charge in [-0.3, -0.25) is 14.3 Å². The number of nitrogens with one attached hydrogen (secondary N) is 1. The summed E-state index contributed by atoms with van der Waals surface area (Å²) in [5.41, 5.74) is 10.4. The first kappa shape index (κ1) is 19.1. The smallest absolute Gasteiger partial charge is 0.351 e. The van der Waals surface area contributed by atoms with E-state index in [0.717, 1.165) is 10.8 Å². The average Bonchev–Trinajstić information content (AvgIpc) is 2.84. The zero-order valence-corrected chi connectivity index (χ0v) is 14.4. The molecule has 0 bridgehead atoms. The van der Waals surface area contributed by atoms with E-state index in [0.29, 0.717) is 18.5 Å². The topological polar surface area (TPSA) is 140 Å². The SMILES string of the molecule is N=C1CN(C[C@@H]2CC(F)(F)[C@H](n3ccc(N)nc3=O)O2)CC/C1=C/C(N)=O. The van der Waals surface area contributed by atoms with Gasteiger partial charge in [-0.15, -0.1) is 0 Å². The third kappa shape index (κ3) is 4.19. The highest BCUT2D eigenvalue weighted by molar-refractivity contribution is 6.04. The summed E-state index contributed by atoms with van der Waals surface area (Å²) in [6.45, 7) is 0.870. The van der Waals surface area contributed by atoms with Gasteiger partial charge in [-0.05, 0) is 18.1 Å². The van der Waals surface area contributed by atoms with Gasteiger partial charge in [0.1, 0.15) is 5.82 Å². The van der Waals surface area contributed by atoms with E-state index in [1.54, 1.807) is 4.90 Å². The zero-order valence-electron chi connectivity index (χ0n) is 14.4. The van der Waals surface area contributed by atoms with Crippen LogP contribution < -0.4 is 17.2 Å². The molecule has 1 aromatic rings. The van der Waals surface area contributed by atoms with Gasteiger partial charge in [-0.25, -0.2) is 13.6 Å². The quantitative estimate of drug-likeness (QED) is 0.621. The largest absolute Gasteiger partial charge is 0.383 e. The second kappa shape index (κ2) is 7.16. The van der Waals surface area contributed by atoms with E-state index in [2.05, 4.69) is 4.98 Å². The van der Waals surface area contributed by atoms with Crippen molar-refractivity contribution in [3.05, 3.63) is 34.4 Å². The monoisotopic (exact) mass is 382 g/mol. The minimum Gasteiger partial charge on any atom is -0.383 e. The van der Waals surface area contributed by atoms with Gasteiger partial charge in [0.2, 0.25) is 12.1 Å². The van der Waals surface area contributed by atoms with Crippen LogP contribution in [0.1, 0.15) is 19.1 Å². The van der Waals surface area contributed by atoms with Gasteiger partial charge >= 0.3 is 5.69 Å². The summed E-state index contributed by atoms with van der Waals surface area (Å²) >= 11 is 0. The number of alkyl halides is 2. The molecule has 0 aromatic carbocycles. The maximum Gasteiger partial charge on any atom is 0.351 e. The number of carbonyl (C=O) groups is 1. The van der Waals surface area contributed by atoms with Crippen molar-refractivity contribution in [2.45, 2.75) is 31.1 Å². The van der Waals surface area contributed by atoms with E-state index >= 15 is 0 Å². The third-order valence-electron chi connectivity index (χ3n) is 4.53. The predicted octanol–water partition coefficient (Wildman–Crippen LogP) is -0.115. The van der Waals surface area contributed by atoms with Crippen LogP contribution in [-0.2, 0) is 9.53 Å². The molecule has 0 radical (unpaired) electrons. The second-order valence-electron chi connectivity index (χ2n) is 6.65. The predicted molar refractivity (Wildman–Crippen MR) is 92.4 cm³/mol. The van der Waals surface area contributed by atoms with Crippen LogP contribution in [0.2, 0.25) is 0 Å². The van der Waals surface area contributed by atoms with Crippen molar-refractivity contribution in [2.24, 2.45) is 5.73 Å². The summed E-state index contributed by atoms with van der Waals surface area (Å²) in [7, 11) is 0. The van der Waals surface area contributed by atoms with Crippen LogP contribution in [0.5, 0.6) is 0 Å². The Morgan fingerprint density at radius 3 is 2.89 bits per heavy atom. The van der Waals surface area contributed by atoms with E-state index in [1.165, 1.54) is 12.1 Å². The fraction of sp³-hybridized carbons (Fsp3) is 0.500. The number of nitrogens with two attached hydrogens (primary N) is 2. The molecular weight excluding hydrogens is 362 g/mol. The van der Waals surface area contributed by atoms with Crippen molar-refractivity contribution in [3.8, 4) is 0 Å². The average molecular weight is 382 g/mol. The van der Waals surface area contributed by atoms with Gasteiger partial charge in [0, 0.05) is 44.0 Å². The molecule has 0 spiro atoms. The van der Waals surface area contributed by atoms with Gasteiger partial charge in [0.25, 0.3) is 5.92 Å². The molecule has 0 unspecified atom stereocenters. The van der Waals surface area contributed by atoms with Crippen LogP contribution >= 0.6 is 0 Å². The standard InChI is InChI=1S/C16H20F2N6O3/c17-16(18)6-10(27-14(16)24-4-2-12(20)22-15(24)26)7-23-3-1-9(5-13(21)25)11(19)8-23/h2,4-5,10,14,19H,1,3,6-8H2,(H2,21,25)(H2,20,22,26)/b9-5-,19-11?/t10-,14+/m0/s1. The van der Waals surface area contributed by atoms with Crippen LogP contribution in [0.4, 0.5) is 14.6 Å². The molecule has 146 valence electrons.